The average Bonchev–Trinajstić information content (AvgIpc) is 3.32. The lowest BCUT2D eigenvalue weighted by Gasteiger charge is -2.44. The van der Waals surface area contributed by atoms with Crippen molar-refractivity contribution in [2.75, 3.05) is 33.4 Å². The van der Waals surface area contributed by atoms with Crippen molar-refractivity contribution >= 4 is 23.5 Å². The van der Waals surface area contributed by atoms with E-state index in [1.54, 1.807) is 0 Å². The number of carbonyl (C=O) groups excluding carboxylic acids is 1. The highest BCUT2D eigenvalue weighted by atomic mass is 32.1. The number of rotatable bonds is 18. The molecule has 0 aromatic carbocycles. The van der Waals surface area contributed by atoms with E-state index in [4.69, 9.17) is 14.2 Å². The first kappa shape index (κ1) is 30.6. The molecule has 0 amide bonds. The molecular weight excluding hydrogens is 474 g/mol. The van der Waals surface area contributed by atoms with Crippen molar-refractivity contribution in [3.63, 3.8) is 0 Å². The molecule has 1 aliphatic rings. The zero-order valence-electron chi connectivity index (χ0n) is 23.4. The van der Waals surface area contributed by atoms with Gasteiger partial charge in [0.1, 0.15) is 12.2 Å². The number of quaternary nitrogens is 1. The molecule has 36 heavy (non-hydrogen) atoms. The van der Waals surface area contributed by atoms with E-state index in [1.165, 1.54) is 63.1 Å². The number of carbonyl (C=O) groups is 1. The number of hydrogen-bond donors (Lipinski definition) is 0. The Balaban J connectivity index is 1.88. The maximum atomic E-state index is 12.6. The molecule has 1 aromatic heterocycles. The van der Waals surface area contributed by atoms with Crippen LogP contribution in [0.3, 0.4) is 0 Å². The fraction of sp³-hybridized carbons (Fsp3) is 0.821. The minimum atomic E-state index is -0.554. The van der Waals surface area contributed by atoms with Gasteiger partial charge >= 0.3 is 6.16 Å². The third-order valence-corrected chi connectivity index (χ3v) is 7.44. The van der Waals surface area contributed by atoms with Crippen LogP contribution in [0.5, 0.6) is 5.88 Å². The summed E-state index contributed by atoms with van der Waals surface area (Å²) in [5.74, 6) is 0.788. The van der Waals surface area contributed by atoms with Gasteiger partial charge in [0.05, 0.1) is 38.5 Å². The van der Waals surface area contributed by atoms with Gasteiger partial charge in [0, 0.05) is 17.9 Å². The maximum absolute atomic E-state index is 12.6. The lowest BCUT2D eigenvalue weighted by molar-refractivity contribution is -0.950. The summed E-state index contributed by atoms with van der Waals surface area (Å²) in [6.07, 6.45) is 15.2. The smallest absolute Gasteiger partial charge is 0.475 e. The largest absolute Gasteiger partial charge is 0.512 e. The zero-order chi connectivity index (χ0) is 26.2. The summed E-state index contributed by atoms with van der Waals surface area (Å²) < 4.78 is 26.9. The van der Waals surface area contributed by atoms with Gasteiger partial charge in [-0.3, -0.25) is 4.48 Å². The summed E-state index contributed by atoms with van der Waals surface area (Å²) in [5, 5.41) is 0. The summed E-state index contributed by atoms with van der Waals surface area (Å²) in [5.41, 5.74) is 1.95. The fourth-order valence-electron chi connectivity index (χ4n) is 4.95. The Morgan fingerprint density at radius 1 is 0.972 bits per heavy atom. The number of unbranched alkanes of at least 4 members (excludes halogenated alkanes) is 9. The van der Waals surface area contributed by atoms with Crippen LogP contribution in [0, 0.1) is 5.92 Å². The standard InChI is InChI=1S/C28H50N3O4S/c1-6-8-10-12-13-14-16-21-34-28(32)35-27(23(3)4)31(5)19-17-18-24(22-31)25-26(30-36-29-25)33-20-15-11-9-7-2/h18,23,27H,6-17,19-22H2,1-5H3/q+1. The molecular formula is C28H50N3O4S+. The summed E-state index contributed by atoms with van der Waals surface area (Å²) in [7, 11) is 2.16. The molecule has 0 spiro atoms. The monoisotopic (exact) mass is 524 g/mol. The molecule has 7 nitrogen and oxygen atoms in total. The van der Waals surface area contributed by atoms with Crippen molar-refractivity contribution in [3.05, 3.63) is 11.8 Å². The molecule has 0 aliphatic carbocycles. The van der Waals surface area contributed by atoms with E-state index in [-0.39, 0.29) is 12.1 Å². The van der Waals surface area contributed by atoms with E-state index < -0.39 is 6.16 Å². The molecule has 8 heteroatoms. The molecule has 0 saturated carbocycles. The van der Waals surface area contributed by atoms with E-state index in [2.05, 4.69) is 49.6 Å². The summed E-state index contributed by atoms with van der Waals surface area (Å²) in [4.78, 5) is 12.6. The Labute approximate surface area is 223 Å². The SMILES string of the molecule is CCCCCCCCCOC(=O)OC(C(C)C)[N+]1(C)CCC=C(c2nsnc2OCCCCCC)C1. The number of ether oxygens (including phenoxy) is 3. The van der Waals surface area contributed by atoms with Gasteiger partial charge in [-0.2, -0.15) is 4.37 Å². The summed E-state index contributed by atoms with van der Waals surface area (Å²) in [6.45, 7) is 11.3. The van der Waals surface area contributed by atoms with Crippen LogP contribution < -0.4 is 4.74 Å². The first-order valence-electron chi connectivity index (χ1n) is 14.2. The van der Waals surface area contributed by atoms with E-state index in [0.29, 0.717) is 30.1 Å². The van der Waals surface area contributed by atoms with Gasteiger partial charge in [0.15, 0.2) is 0 Å². The van der Waals surface area contributed by atoms with Crippen molar-refractivity contribution in [1.29, 1.82) is 0 Å². The van der Waals surface area contributed by atoms with Gasteiger partial charge in [0.25, 0.3) is 5.88 Å². The number of hydrogen-bond acceptors (Lipinski definition) is 7. The predicted molar refractivity (Wildman–Crippen MR) is 147 cm³/mol. The molecule has 2 unspecified atom stereocenters. The van der Waals surface area contributed by atoms with Crippen LogP contribution in [0.25, 0.3) is 5.57 Å². The van der Waals surface area contributed by atoms with Gasteiger partial charge in [-0.25, -0.2) is 4.79 Å². The molecule has 1 aliphatic heterocycles. The van der Waals surface area contributed by atoms with Crippen molar-refractivity contribution in [2.24, 2.45) is 5.92 Å². The van der Waals surface area contributed by atoms with Gasteiger partial charge < -0.3 is 14.2 Å². The normalized spacial score (nSPS) is 18.7. The predicted octanol–water partition coefficient (Wildman–Crippen LogP) is 7.62. The Morgan fingerprint density at radius 3 is 2.31 bits per heavy atom. The van der Waals surface area contributed by atoms with Gasteiger partial charge in [-0.1, -0.05) is 91.6 Å². The number of likely N-dealkylation sites (N-methyl/N-ethyl adjacent to an activating group) is 1. The average molecular weight is 525 g/mol. The summed E-state index contributed by atoms with van der Waals surface area (Å²) in [6, 6.07) is 0. The van der Waals surface area contributed by atoms with Crippen molar-refractivity contribution in [2.45, 2.75) is 111 Å². The third kappa shape index (κ3) is 10.4. The van der Waals surface area contributed by atoms with Crippen LogP contribution in [0.2, 0.25) is 0 Å². The second-order valence-corrected chi connectivity index (χ2v) is 11.2. The summed E-state index contributed by atoms with van der Waals surface area (Å²) >= 11 is 1.19. The second-order valence-electron chi connectivity index (χ2n) is 10.7. The van der Waals surface area contributed by atoms with Gasteiger partial charge in [0.2, 0.25) is 6.23 Å². The topological polar surface area (TPSA) is 70.5 Å². The van der Waals surface area contributed by atoms with E-state index >= 15 is 0 Å². The lowest BCUT2D eigenvalue weighted by atomic mass is 10.0. The van der Waals surface area contributed by atoms with Crippen LogP contribution in [0.15, 0.2) is 6.08 Å². The Bertz CT molecular complexity index is 783. The molecule has 0 fully saturated rings. The maximum Gasteiger partial charge on any atom is 0.512 e. The Morgan fingerprint density at radius 2 is 1.61 bits per heavy atom. The molecule has 2 rings (SSSR count). The van der Waals surface area contributed by atoms with Crippen LogP contribution in [-0.4, -0.2) is 59.0 Å². The third-order valence-electron chi connectivity index (χ3n) is 6.93. The quantitative estimate of drug-likeness (QED) is 0.112. The molecule has 2 heterocycles. The van der Waals surface area contributed by atoms with Crippen molar-refractivity contribution in [1.82, 2.24) is 8.75 Å². The second kappa shape index (κ2) is 17.0. The fourth-order valence-corrected chi connectivity index (χ4v) is 5.49. The van der Waals surface area contributed by atoms with Gasteiger partial charge in [-0.15, -0.1) is 4.37 Å². The van der Waals surface area contributed by atoms with E-state index in [9.17, 15) is 4.79 Å². The first-order valence-corrected chi connectivity index (χ1v) is 15.0. The van der Waals surface area contributed by atoms with Crippen LogP contribution in [0.4, 0.5) is 4.79 Å². The molecule has 0 saturated heterocycles. The minimum Gasteiger partial charge on any atom is -0.475 e. The highest BCUT2D eigenvalue weighted by molar-refractivity contribution is 6.99. The molecule has 1 aromatic rings. The number of aromatic nitrogens is 2. The highest BCUT2D eigenvalue weighted by Crippen LogP contribution is 2.33. The van der Waals surface area contributed by atoms with Crippen molar-refractivity contribution in [3.8, 4) is 5.88 Å². The lowest BCUT2D eigenvalue weighted by Crippen LogP contribution is -2.58. The van der Waals surface area contributed by atoms with Crippen LogP contribution >= 0.6 is 11.7 Å². The minimum absolute atomic E-state index is 0.156. The van der Waals surface area contributed by atoms with Crippen LogP contribution in [0.1, 0.15) is 110 Å². The van der Waals surface area contributed by atoms with E-state index in [0.717, 1.165) is 43.5 Å². The first-order chi connectivity index (χ1) is 17.4. The highest BCUT2D eigenvalue weighted by Gasteiger charge is 2.41. The number of nitrogens with zero attached hydrogens (tertiary/aromatic N) is 3. The van der Waals surface area contributed by atoms with Crippen molar-refractivity contribution < 1.29 is 23.5 Å². The van der Waals surface area contributed by atoms with Crippen LogP contribution in [-0.2, 0) is 9.47 Å². The zero-order valence-corrected chi connectivity index (χ0v) is 24.2. The Kier molecular flexibility index (Phi) is 14.4. The van der Waals surface area contributed by atoms with E-state index in [1.807, 2.05) is 0 Å². The molecule has 0 radical (unpaired) electrons. The molecule has 2 atom stereocenters. The Hall–Kier alpha value is -1.67. The molecule has 0 bridgehead atoms. The van der Waals surface area contributed by atoms with Gasteiger partial charge in [-0.05, 0) is 12.8 Å². The molecule has 0 N–H and O–H groups in total. The molecule has 206 valence electrons.